The SMILES string of the molecule is O=C(O)c1cccc(OCc2ccc(Br)cn2)c1. The zero-order valence-electron chi connectivity index (χ0n) is 9.34. The highest BCUT2D eigenvalue weighted by atomic mass is 79.9. The van der Waals surface area contributed by atoms with Crippen LogP contribution in [0.2, 0.25) is 0 Å². The number of benzene rings is 1. The largest absolute Gasteiger partial charge is 0.487 e. The summed E-state index contributed by atoms with van der Waals surface area (Å²) in [5.74, 6) is -0.457. The highest BCUT2D eigenvalue weighted by molar-refractivity contribution is 9.10. The molecular formula is C13H10BrNO3. The first-order chi connectivity index (χ1) is 8.65. The Morgan fingerprint density at radius 3 is 2.83 bits per heavy atom. The molecule has 0 saturated heterocycles. The minimum absolute atomic E-state index is 0.205. The zero-order valence-corrected chi connectivity index (χ0v) is 10.9. The van der Waals surface area contributed by atoms with Crippen LogP contribution in [0.4, 0.5) is 0 Å². The molecule has 0 aliphatic rings. The van der Waals surface area contributed by atoms with Crippen LogP contribution in [-0.4, -0.2) is 16.1 Å². The highest BCUT2D eigenvalue weighted by Crippen LogP contribution is 2.15. The van der Waals surface area contributed by atoms with Crippen LogP contribution in [0.1, 0.15) is 16.1 Å². The van der Waals surface area contributed by atoms with Crippen LogP contribution in [0, 0.1) is 0 Å². The summed E-state index contributed by atoms with van der Waals surface area (Å²) in [6.45, 7) is 0.302. The van der Waals surface area contributed by atoms with Gasteiger partial charge in [-0.1, -0.05) is 6.07 Å². The van der Waals surface area contributed by atoms with Crippen molar-refractivity contribution in [3.05, 3.63) is 58.3 Å². The molecule has 18 heavy (non-hydrogen) atoms. The fraction of sp³-hybridized carbons (Fsp3) is 0.0769. The molecule has 0 atom stereocenters. The maximum Gasteiger partial charge on any atom is 0.335 e. The van der Waals surface area contributed by atoms with Crippen molar-refractivity contribution < 1.29 is 14.6 Å². The number of hydrogen-bond acceptors (Lipinski definition) is 3. The number of ether oxygens (including phenoxy) is 1. The molecule has 0 bridgehead atoms. The van der Waals surface area contributed by atoms with Gasteiger partial charge in [0.2, 0.25) is 0 Å². The van der Waals surface area contributed by atoms with Crippen molar-refractivity contribution in [2.45, 2.75) is 6.61 Å². The van der Waals surface area contributed by atoms with Gasteiger partial charge in [-0.25, -0.2) is 4.79 Å². The molecule has 1 heterocycles. The second-order valence-corrected chi connectivity index (χ2v) is 4.51. The zero-order chi connectivity index (χ0) is 13.0. The van der Waals surface area contributed by atoms with Crippen molar-refractivity contribution in [3.8, 4) is 5.75 Å². The van der Waals surface area contributed by atoms with Gasteiger partial charge >= 0.3 is 5.97 Å². The van der Waals surface area contributed by atoms with Crippen LogP contribution in [0.3, 0.4) is 0 Å². The number of pyridine rings is 1. The predicted octanol–water partition coefficient (Wildman–Crippen LogP) is 3.12. The summed E-state index contributed by atoms with van der Waals surface area (Å²) in [4.78, 5) is 15.0. The van der Waals surface area contributed by atoms with Crippen LogP contribution in [0.25, 0.3) is 0 Å². The molecule has 2 aromatic rings. The topological polar surface area (TPSA) is 59.4 Å². The van der Waals surface area contributed by atoms with Crippen molar-refractivity contribution in [2.75, 3.05) is 0 Å². The van der Waals surface area contributed by atoms with Crippen molar-refractivity contribution in [3.63, 3.8) is 0 Å². The van der Waals surface area contributed by atoms with Gasteiger partial charge in [-0.05, 0) is 46.3 Å². The number of nitrogens with zero attached hydrogens (tertiary/aromatic N) is 1. The van der Waals surface area contributed by atoms with E-state index in [-0.39, 0.29) is 5.56 Å². The molecule has 0 amide bonds. The number of carboxylic acids is 1. The van der Waals surface area contributed by atoms with E-state index in [1.54, 1.807) is 18.3 Å². The number of halogens is 1. The lowest BCUT2D eigenvalue weighted by Gasteiger charge is -2.06. The van der Waals surface area contributed by atoms with E-state index in [0.717, 1.165) is 10.2 Å². The summed E-state index contributed by atoms with van der Waals surface area (Å²) in [6, 6.07) is 10.1. The van der Waals surface area contributed by atoms with Gasteiger partial charge in [0.25, 0.3) is 0 Å². The first kappa shape index (κ1) is 12.6. The Balaban J connectivity index is 2.04. The molecule has 4 nitrogen and oxygen atoms in total. The Bertz CT molecular complexity index is 554. The van der Waals surface area contributed by atoms with Gasteiger partial charge in [0.1, 0.15) is 12.4 Å². The molecule has 1 aromatic heterocycles. The number of aromatic carboxylic acids is 1. The number of hydrogen-bond donors (Lipinski definition) is 1. The van der Waals surface area contributed by atoms with Crippen molar-refractivity contribution in [1.29, 1.82) is 0 Å². The third-order valence-electron chi connectivity index (χ3n) is 2.26. The molecule has 1 aromatic carbocycles. The van der Waals surface area contributed by atoms with Crippen molar-refractivity contribution in [2.24, 2.45) is 0 Å². The fourth-order valence-electron chi connectivity index (χ4n) is 1.37. The van der Waals surface area contributed by atoms with Crippen LogP contribution < -0.4 is 4.74 Å². The highest BCUT2D eigenvalue weighted by Gasteiger charge is 2.04. The van der Waals surface area contributed by atoms with E-state index in [9.17, 15) is 4.79 Å². The Labute approximate surface area is 112 Å². The van der Waals surface area contributed by atoms with E-state index >= 15 is 0 Å². The van der Waals surface area contributed by atoms with E-state index in [4.69, 9.17) is 9.84 Å². The Morgan fingerprint density at radius 1 is 1.33 bits per heavy atom. The molecule has 2 rings (SSSR count). The minimum atomic E-state index is -0.970. The minimum Gasteiger partial charge on any atom is -0.487 e. The van der Waals surface area contributed by atoms with Gasteiger partial charge in [-0.15, -0.1) is 0 Å². The van der Waals surface area contributed by atoms with E-state index in [2.05, 4.69) is 20.9 Å². The van der Waals surface area contributed by atoms with Gasteiger partial charge in [-0.2, -0.15) is 0 Å². The lowest BCUT2D eigenvalue weighted by Crippen LogP contribution is -2.00. The monoisotopic (exact) mass is 307 g/mol. The summed E-state index contributed by atoms with van der Waals surface area (Å²) in [5, 5.41) is 8.85. The van der Waals surface area contributed by atoms with Crippen LogP contribution in [0.5, 0.6) is 5.75 Å². The summed E-state index contributed by atoms with van der Waals surface area (Å²) in [7, 11) is 0. The lowest BCUT2D eigenvalue weighted by atomic mass is 10.2. The third kappa shape index (κ3) is 3.30. The molecule has 0 radical (unpaired) electrons. The normalized spacial score (nSPS) is 10.1. The molecular weight excluding hydrogens is 298 g/mol. The lowest BCUT2D eigenvalue weighted by molar-refractivity contribution is 0.0696. The Morgan fingerprint density at radius 2 is 2.17 bits per heavy atom. The standard InChI is InChI=1S/C13H10BrNO3/c14-10-4-5-11(15-7-10)8-18-12-3-1-2-9(6-12)13(16)17/h1-7H,8H2,(H,16,17). The van der Waals surface area contributed by atoms with Crippen molar-refractivity contribution in [1.82, 2.24) is 4.98 Å². The molecule has 5 heteroatoms. The molecule has 1 N–H and O–H groups in total. The average Bonchev–Trinajstić information content (AvgIpc) is 2.38. The summed E-state index contributed by atoms with van der Waals surface area (Å²) >= 11 is 3.30. The van der Waals surface area contributed by atoms with E-state index < -0.39 is 5.97 Å². The molecule has 0 aliphatic carbocycles. The molecule has 0 unspecified atom stereocenters. The molecule has 0 spiro atoms. The molecule has 0 fully saturated rings. The maximum atomic E-state index is 10.8. The van der Waals surface area contributed by atoms with Crippen LogP contribution >= 0.6 is 15.9 Å². The number of carboxylic acid groups (broad SMARTS) is 1. The second-order valence-electron chi connectivity index (χ2n) is 3.59. The quantitative estimate of drug-likeness (QED) is 0.943. The number of aromatic nitrogens is 1. The fourth-order valence-corrected chi connectivity index (χ4v) is 1.60. The third-order valence-corrected chi connectivity index (χ3v) is 2.73. The Kier molecular flexibility index (Phi) is 3.94. The summed E-state index contributed by atoms with van der Waals surface area (Å²) < 4.78 is 6.38. The smallest absolute Gasteiger partial charge is 0.335 e. The van der Waals surface area contributed by atoms with E-state index in [0.29, 0.717) is 12.4 Å². The molecule has 0 saturated carbocycles. The Hall–Kier alpha value is -1.88. The first-order valence-electron chi connectivity index (χ1n) is 5.22. The van der Waals surface area contributed by atoms with Gasteiger partial charge in [-0.3, -0.25) is 4.98 Å². The summed E-state index contributed by atoms with van der Waals surface area (Å²) in [6.07, 6.45) is 1.69. The van der Waals surface area contributed by atoms with Crippen molar-refractivity contribution >= 4 is 21.9 Å². The van der Waals surface area contributed by atoms with E-state index in [1.807, 2.05) is 12.1 Å². The summed E-state index contributed by atoms with van der Waals surface area (Å²) in [5.41, 5.74) is 0.982. The van der Waals surface area contributed by atoms with Crippen LogP contribution in [0.15, 0.2) is 47.1 Å². The van der Waals surface area contributed by atoms with Gasteiger partial charge < -0.3 is 9.84 Å². The van der Waals surface area contributed by atoms with Gasteiger partial charge in [0, 0.05) is 10.7 Å². The van der Waals surface area contributed by atoms with E-state index in [1.165, 1.54) is 12.1 Å². The molecule has 0 aliphatic heterocycles. The predicted molar refractivity (Wildman–Crippen MR) is 69.7 cm³/mol. The van der Waals surface area contributed by atoms with Crippen LogP contribution in [-0.2, 0) is 6.61 Å². The number of rotatable bonds is 4. The first-order valence-corrected chi connectivity index (χ1v) is 6.01. The number of carbonyl (C=O) groups is 1. The van der Waals surface area contributed by atoms with Gasteiger partial charge in [0.15, 0.2) is 0 Å². The van der Waals surface area contributed by atoms with Gasteiger partial charge in [0.05, 0.1) is 11.3 Å². The maximum absolute atomic E-state index is 10.8. The molecule has 92 valence electrons. The second kappa shape index (κ2) is 5.64. The average molecular weight is 308 g/mol.